The summed E-state index contributed by atoms with van der Waals surface area (Å²) in [6.45, 7) is 3.35. The van der Waals surface area contributed by atoms with Crippen molar-refractivity contribution in [3.63, 3.8) is 0 Å². The lowest BCUT2D eigenvalue weighted by molar-refractivity contribution is -0.147. The van der Waals surface area contributed by atoms with Crippen LogP contribution in [0.5, 0.6) is 0 Å². The highest BCUT2D eigenvalue weighted by molar-refractivity contribution is 5.75. The van der Waals surface area contributed by atoms with Gasteiger partial charge in [0, 0.05) is 0 Å². The third-order valence-corrected chi connectivity index (χ3v) is 3.17. The van der Waals surface area contributed by atoms with Gasteiger partial charge in [0.05, 0.1) is 17.8 Å². The second kappa shape index (κ2) is 7.68. The van der Waals surface area contributed by atoms with Crippen molar-refractivity contribution in [2.75, 3.05) is 0 Å². The Morgan fingerprint density at radius 2 is 1.00 bits per heavy atom. The molecule has 0 heterocycles. The SMILES string of the molecule is CCC(CC(CC(CC)C(=O)O)C(=O)O)C(=O)O. The van der Waals surface area contributed by atoms with E-state index in [1.54, 1.807) is 13.8 Å². The molecule has 0 fully saturated rings. The molecule has 0 aliphatic carbocycles. The molecule has 0 aliphatic heterocycles. The van der Waals surface area contributed by atoms with Crippen LogP contribution in [0.1, 0.15) is 39.5 Å². The van der Waals surface area contributed by atoms with Gasteiger partial charge in [-0.05, 0) is 25.7 Å². The summed E-state index contributed by atoms with van der Waals surface area (Å²) in [6, 6.07) is 0. The van der Waals surface area contributed by atoms with Gasteiger partial charge in [0.15, 0.2) is 0 Å². The van der Waals surface area contributed by atoms with Crippen molar-refractivity contribution in [3.8, 4) is 0 Å². The predicted octanol–water partition coefficient (Wildman–Crippen LogP) is 1.69. The zero-order valence-corrected chi connectivity index (χ0v) is 10.6. The summed E-state index contributed by atoms with van der Waals surface area (Å²) in [5, 5.41) is 26.8. The first-order valence-corrected chi connectivity index (χ1v) is 6.01. The molecule has 0 aromatic carbocycles. The molecule has 18 heavy (non-hydrogen) atoms. The Bertz CT molecular complexity index is 288. The highest BCUT2D eigenvalue weighted by Crippen LogP contribution is 2.24. The van der Waals surface area contributed by atoms with Gasteiger partial charge in [-0.3, -0.25) is 14.4 Å². The zero-order valence-electron chi connectivity index (χ0n) is 10.6. The quantitative estimate of drug-likeness (QED) is 0.581. The number of carbonyl (C=O) groups is 3. The topological polar surface area (TPSA) is 112 Å². The molecule has 104 valence electrons. The molecule has 0 spiro atoms. The van der Waals surface area contributed by atoms with Crippen molar-refractivity contribution in [2.24, 2.45) is 17.8 Å². The van der Waals surface area contributed by atoms with Crippen molar-refractivity contribution >= 4 is 17.9 Å². The lowest BCUT2D eigenvalue weighted by Crippen LogP contribution is -2.26. The largest absolute Gasteiger partial charge is 0.481 e. The minimum absolute atomic E-state index is 0.0229. The van der Waals surface area contributed by atoms with E-state index >= 15 is 0 Å². The molecule has 2 atom stereocenters. The van der Waals surface area contributed by atoms with E-state index in [0.29, 0.717) is 12.8 Å². The molecule has 0 bridgehead atoms. The molecule has 6 heteroatoms. The number of hydrogen-bond acceptors (Lipinski definition) is 3. The average molecular weight is 260 g/mol. The molecule has 0 saturated carbocycles. The first kappa shape index (κ1) is 16.4. The van der Waals surface area contributed by atoms with Crippen LogP contribution in [0.25, 0.3) is 0 Å². The molecule has 0 radical (unpaired) electrons. The van der Waals surface area contributed by atoms with Crippen molar-refractivity contribution in [3.05, 3.63) is 0 Å². The minimum atomic E-state index is -1.13. The maximum atomic E-state index is 11.1. The maximum absolute atomic E-state index is 11.1. The fourth-order valence-electron chi connectivity index (χ4n) is 1.87. The Kier molecular flexibility index (Phi) is 7.00. The molecule has 0 aliphatic rings. The Hall–Kier alpha value is -1.59. The predicted molar refractivity (Wildman–Crippen MR) is 63.2 cm³/mol. The lowest BCUT2D eigenvalue weighted by atomic mass is 9.85. The fraction of sp³-hybridized carbons (Fsp3) is 0.750. The van der Waals surface area contributed by atoms with Crippen LogP contribution in [0.3, 0.4) is 0 Å². The van der Waals surface area contributed by atoms with Crippen LogP contribution < -0.4 is 0 Å². The minimum Gasteiger partial charge on any atom is -0.481 e. The number of aliphatic carboxylic acids is 3. The van der Waals surface area contributed by atoms with E-state index in [1.807, 2.05) is 0 Å². The molecule has 0 rings (SSSR count). The van der Waals surface area contributed by atoms with Crippen LogP contribution in [-0.4, -0.2) is 33.2 Å². The molecule has 0 saturated heterocycles. The molecule has 0 aromatic heterocycles. The molecule has 2 unspecified atom stereocenters. The maximum Gasteiger partial charge on any atom is 0.306 e. The molecular weight excluding hydrogens is 240 g/mol. The Labute approximate surface area is 106 Å². The van der Waals surface area contributed by atoms with Gasteiger partial charge in [-0.2, -0.15) is 0 Å². The highest BCUT2D eigenvalue weighted by atomic mass is 16.4. The van der Waals surface area contributed by atoms with E-state index in [-0.39, 0.29) is 12.8 Å². The van der Waals surface area contributed by atoms with Gasteiger partial charge in [-0.1, -0.05) is 13.8 Å². The Morgan fingerprint density at radius 3 is 1.17 bits per heavy atom. The van der Waals surface area contributed by atoms with E-state index in [1.165, 1.54) is 0 Å². The van der Waals surface area contributed by atoms with Crippen LogP contribution in [0.15, 0.2) is 0 Å². The molecule has 6 nitrogen and oxygen atoms in total. The number of carboxylic acid groups (broad SMARTS) is 3. The van der Waals surface area contributed by atoms with Gasteiger partial charge >= 0.3 is 17.9 Å². The lowest BCUT2D eigenvalue weighted by Gasteiger charge is -2.19. The summed E-state index contributed by atoms with van der Waals surface area (Å²) in [5.74, 6) is -5.60. The zero-order chi connectivity index (χ0) is 14.3. The summed E-state index contributed by atoms with van der Waals surface area (Å²) in [6.07, 6.45) is 0.627. The van der Waals surface area contributed by atoms with E-state index in [0.717, 1.165) is 0 Å². The van der Waals surface area contributed by atoms with Crippen LogP contribution in [0.2, 0.25) is 0 Å². The van der Waals surface area contributed by atoms with Crippen molar-refractivity contribution in [1.29, 1.82) is 0 Å². The van der Waals surface area contributed by atoms with E-state index in [2.05, 4.69) is 0 Å². The summed E-state index contributed by atoms with van der Waals surface area (Å²) in [5.41, 5.74) is 0. The Morgan fingerprint density at radius 1 is 0.722 bits per heavy atom. The smallest absolute Gasteiger partial charge is 0.306 e. The molecule has 0 amide bonds. The second-order valence-corrected chi connectivity index (χ2v) is 4.39. The van der Waals surface area contributed by atoms with Gasteiger partial charge < -0.3 is 15.3 Å². The van der Waals surface area contributed by atoms with Crippen molar-refractivity contribution < 1.29 is 29.7 Å². The van der Waals surface area contributed by atoms with Crippen molar-refractivity contribution in [2.45, 2.75) is 39.5 Å². The average Bonchev–Trinajstić information content (AvgIpc) is 2.27. The highest BCUT2D eigenvalue weighted by Gasteiger charge is 2.30. The van der Waals surface area contributed by atoms with E-state index < -0.39 is 35.7 Å². The van der Waals surface area contributed by atoms with Gasteiger partial charge in [0.25, 0.3) is 0 Å². The number of carboxylic acids is 3. The molecule has 3 N–H and O–H groups in total. The third-order valence-electron chi connectivity index (χ3n) is 3.17. The molecule has 0 aromatic rings. The standard InChI is InChI=1S/C12H20O6/c1-3-7(10(13)14)5-9(12(17)18)6-8(4-2)11(15)16/h7-9H,3-6H2,1-2H3,(H,13,14)(H,15,16)(H,17,18). The fourth-order valence-corrected chi connectivity index (χ4v) is 1.87. The van der Waals surface area contributed by atoms with Crippen molar-refractivity contribution in [1.82, 2.24) is 0 Å². The third kappa shape index (κ3) is 5.16. The normalized spacial score (nSPS) is 15.7. The summed E-state index contributed by atoms with van der Waals surface area (Å²) >= 11 is 0. The van der Waals surface area contributed by atoms with Gasteiger partial charge in [-0.15, -0.1) is 0 Å². The number of rotatable bonds is 9. The Balaban J connectivity index is 4.71. The first-order valence-electron chi connectivity index (χ1n) is 6.01. The first-order chi connectivity index (χ1) is 8.33. The van der Waals surface area contributed by atoms with E-state index in [9.17, 15) is 14.4 Å². The van der Waals surface area contributed by atoms with Gasteiger partial charge in [0.2, 0.25) is 0 Å². The van der Waals surface area contributed by atoms with Crippen LogP contribution in [0, 0.1) is 17.8 Å². The van der Waals surface area contributed by atoms with Crippen LogP contribution >= 0.6 is 0 Å². The monoisotopic (exact) mass is 260 g/mol. The van der Waals surface area contributed by atoms with Crippen LogP contribution in [0.4, 0.5) is 0 Å². The summed E-state index contributed by atoms with van der Waals surface area (Å²) in [7, 11) is 0. The molecular formula is C12H20O6. The summed E-state index contributed by atoms with van der Waals surface area (Å²) < 4.78 is 0. The number of hydrogen-bond donors (Lipinski definition) is 3. The van der Waals surface area contributed by atoms with Crippen LogP contribution in [-0.2, 0) is 14.4 Å². The van der Waals surface area contributed by atoms with Gasteiger partial charge in [0.1, 0.15) is 0 Å². The van der Waals surface area contributed by atoms with E-state index in [4.69, 9.17) is 15.3 Å². The second-order valence-electron chi connectivity index (χ2n) is 4.39. The van der Waals surface area contributed by atoms with Gasteiger partial charge in [-0.25, -0.2) is 0 Å². The summed E-state index contributed by atoms with van der Waals surface area (Å²) in [4.78, 5) is 32.8.